The number of aliphatic imine (C=N–C) groups is 1. The van der Waals surface area contributed by atoms with Gasteiger partial charge in [-0.2, -0.15) is 18.3 Å². The van der Waals surface area contributed by atoms with Crippen molar-refractivity contribution >= 4 is 29.9 Å². The van der Waals surface area contributed by atoms with Crippen LogP contribution in [0.5, 0.6) is 0 Å². The van der Waals surface area contributed by atoms with Gasteiger partial charge in [0.25, 0.3) is 0 Å². The van der Waals surface area contributed by atoms with Crippen LogP contribution in [0.2, 0.25) is 0 Å². The number of aryl methyl sites for hydroxylation is 1. The number of rotatable bonds is 7. The van der Waals surface area contributed by atoms with E-state index in [1.54, 1.807) is 14.0 Å². The molecule has 156 valence electrons. The van der Waals surface area contributed by atoms with Crippen LogP contribution >= 0.6 is 24.0 Å². The van der Waals surface area contributed by atoms with Gasteiger partial charge in [-0.3, -0.25) is 14.6 Å². The first-order valence-electron chi connectivity index (χ1n) is 9.04. The Morgan fingerprint density at radius 2 is 2.19 bits per heavy atom. The van der Waals surface area contributed by atoms with Gasteiger partial charge in [0.1, 0.15) is 0 Å². The van der Waals surface area contributed by atoms with Gasteiger partial charge in [0.05, 0.1) is 19.3 Å². The highest BCUT2D eigenvalue weighted by Crippen LogP contribution is 2.21. The average Bonchev–Trinajstić information content (AvgIpc) is 3.19. The summed E-state index contributed by atoms with van der Waals surface area (Å²) in [6.45, 7) is 6.79. The van der Waals surface area contributed by atoms with Gasteiger partial charge in [-0.1, -0.05) is 6.92 Å². The van der Waals surface area contributed by atoms with Gasteiger partial charge in [-0.15, -0.1) is 24.0 Å². The number of hydrogen-bond acceptors (Lipinski definition) is 3. The van der Waals surface area contributed by atoms with Gasteiger partial charge >= 0.3 is 6.18 Å². The summed E-state index contributed by atoms with van der Waals surface area (Å²) in [4.78, 5) is 7.91. The standard InChI is InChI=1S/C17H29F3N6.HI/c1-4-24(13-17(18,19)20)11-15-5-7-25(12-15)16(21-3)22-6-8-26-10-14(2)9-23-26;/h9-10,15H,4-8,11-13H2,1-3H3,(H,21,22);1H. The monoisotopic (exact) mass is 502 g/mol. The zero-order valence-corrected chi connectivity index (χ0v) is 18.5. The molecule has 0 spiro atoms. The number of hydrogen-bond donors (Lipinski definition) is 1. The molecule has 1 aromatic heterocycles. The Hall–Kier alpha value is -1.04. The third kappa shape index (κ3) is 8.24. The van der Waals surface area contributed by atoms with E-state index in [-0.39, 0.29) is 29.9 Å². The molecular formula is C17H30F3IN6. The molecule has 0 amide bonds. The van der Waals surface area contributed by atoms with Crippen LogP contribution in [0.15, 0.2) is 17.4 Å². The molecule has 0 aromatic carbocycles. The number of likely N-dealkylation sites (tertiary alicyclic amines) is 1. The molecule has 0 saturated carbocycles. The minimum absolute atomic E-state index is 0. The molecule has 1 atom stereocenters. The lowest BCUT2D eigenvalue weighted by Crippen LogP contribution is -2.42. The molecule has 0 aliphatic carbocycles. The number of nitrogens with zero attached hydrogens (tertiary/aromatic N) is 5. The fourth-order valence-corrected chi connectivity index (χ4v) is 3.30. The third-order valence-electron chi connectivity index (χ3n) is 4.55. The minimum atomic E-state index is -4.14. The van der Waals surface area contributed by atoms with Crippen molar-refractivity contribution in [2.45, 2.75) is 33.0 Å². The van der Waals surface area contributed by atoms with Gasteiger partial charge in [0.2, 0.25) is 0 Å². The van der Waals surface area contributed by atoms with Gasteiger partial charge in [-0.25, -0.2) is 0 Å². The van der Waals surface area contributed by atoms with Crippen LogP contribution in [0.3, 0.4) is 0 Å². The first kappa shape index (κ1) is 24.0. The summed E-state index contributed by atoms with van der Waals surface area (Å²) in [5.74, 6) is 1.03. The summed E-state index contributed by atoms with van der Waals surface area (Å²) in [5, 5.41) is 7.56. The van der Waals surface area contributed by atoms with Crippen molar-refractivity contribution in [1.29, 1.82) is 0 Å². The van der Waals surface area contributed by atoms with E-state index in [1.807, 2.05) is 24.0 Å². The van der Waals surface area contributed by atoms with E-state index < -0.39 is 12.7 Å². The first-order chi connectivity index (χ1) is 12.3. The van der Waals surface area contributed by atoms with Gasteiger partial charge in [-0.05, 0) is 31.4 Å². The van der Waals surface area contributed by atoms with Crippen molar-refractivity contribution in [3.05, 3.63) is 18.0 Å². The van der Waals surface area contributed by atoms with Gasteiger partial charge in [0.15, 0.2) is 5.96 Å². The van der Waals surface area contributed by atoms with E-state index in [1.165, 1.54) is 4.90 Å². The molecule has 0 radical (unpaired) electrons. The lowest BCUT2D eigenvalue weighted by Gasteiger charge is -2.26. The van der Waals surface area contributed by atoms with Crippen LogP contribution in [0, 0.1) is 12.8 Å². The Balaban J connectivity index is 0.00000364. The Morgan fingerprint density at radius 3 is 2.74 bits per heavy atom. The molecule has 1 aromatic rings. The number of aromatic nitrogens is 2. The molecule has 2 heterocycles. The van der Waals surface area contributed by atoms with E-state index in [0.29, 0.717) is 19.6 Å². The number of guanidine groups is 1. The molecule has 27 heavy (non-hydrogen) atoms. The SMILES string of the molecule is CCN(CC1CCN(C(=NC)NCCn2cc(C)cn2)C1)CC(F)(F)F.I. The molecule has 1 unspecified atom stereocenters. The van der Waals surface area contributed by atoms with Crippen LogP contribution in [-0.2, 0) is 6.54 Å². The van der Waals surface area contributed by atoms with E-state index in [9.17, 15) is 13.2 Å². The Labute approximate surface area is 176 Å². The Morgan fingerprint density at radius 1 is 1.44 bits per heavy atom. The molecule has 0 bridgehead atoms. The second kappa shape index (κ2) is 11.1. The molecule has 1 fully saturated rings. The van der Waals surface area contributed by atoms with Crippen molar-refractivity contribution < 1.29 is 13.2 Å². The van der Waals surface area contributed by atoms with Gasteiger partial charge < -0.3 is 10.2 Å². The second-order valence-electron chi connectivity index (χ2n) is 6.80. The second-order valence-corrected chi connectivity index (χ2v) is 6.80. The van der Waals surface area contributed by atoms with E-state index in [2.05, 4.69) is 20.3 Å². The molecule has 2 rings (SSSR count). The summed E-state index contributed by atoms with van der Waals surface area (Å²) in [6, 6.07) is 0. The number of halogens is 4. The third-order valence-corrected chi connectivity index (χ3v) is 4.55. The molecule has 6 nitrogen and oxygen atoms in total. The van der Waals surface area contributed by atoms with Crippen LogP contribution in [0.4, 0.5) is 13.2 Å². The largest absolute Gasteiger partial charge is 0.401 e. The van der Waals surface area contributed by atoms with E-state index >= 15 is 0 Å². The Bertz CT molecular complexity index is 589. The average molecular weight is 502 g/mol. The fraction of sp³-hybridized carbons (Fsp3) is 0.765. The van der Waals surface area contributed by atoms with Crippen molar-refractivity contribution in [2.24, 2.45) is 10.9 Å². The van der Waals surface area contributed by atoms with Crippen molar-refractivity contribution in [3.8, 4) is 0 Å². The molecule has 1 aliphatic heterocycles. The summed E-state index contributed by atoms with van der Waals surface area (Å²) in [6.07, 6.45) is 0.542. The summed E-state index contributed by atoms with van der Waals surface area (Å²) >= 11 is 0. The van der Waals surface area contributed by atoms with Crippen LogP contribution < -0.4 is 5.32 Å². The zero-order chi connectivity index (χ0) is 19.2. The maximum absolute atomic E-state index is 12.6. The predicted octanol–water partition coefficient (Wildman–Crippen LogP) is 2.59. The maximum Gasteiger partial charge on any atom is 0.401 e. The van der Waals surface area contributed by atoms with Crippen molar-refractivity contribution in [1.82, 2.24) is 24.9 Å². The number of alkyl halides is 3. The molecule has 10 heteroatoms. The van der Waals surface area contributed by atoms with Crippen molar-refractivity contribution in [2.75, 3.05) is 46.3 Å². The summed E-state index contributed by atoms with van der Waals surface area (Å²) < 4.78 is 39.7. The molecule has 1 aliphatic rings. The van der Waals surface area contributed by atoms with Crippen LogP contribution in [-0.4, -0.2) is 78.0 Å². The minimum Gasteiger partial charge on any atom is -0.354 e. The smallest absolute Gasteiger partial charge is 0.354 e. The molecule has 1 saturated heterocycles. The first-order valence-corrected chi connectivity index (χ1v) is 9.04. The quantitative estimate of drug-likeness (QED) is 0.354. The Kier molecular flexibility index (Phi) is 9.85. The summed E-state index contributed by atoms with van der Waals surface area (Å²) in [5.41, 5.74) is 1.12. The van der Waals surface area contributed by atoms with E-state index in [4.69, 9.17) is 0 Å². The maximum atomic E-state index is 12.6. The summed E-state index contributed by atoms with van der Waals surface area (Å²) in [7, 11) is 1.73. The van der Waals surface area contributed by atoms with Gasteiger partial charge in [0, 0.05) is 39.4 Å². The molecule has 1 N–H and O–H groups in total. The topological polar surface area (TPSA) is 48.7 Å². The zero-order valence-electron chi connectivity index (χ0n) is 16.2. The van der Waals surface area contributed by atoms with Crippen molar-refractivity contribution in [3.63, 3.8) is 0 Å². The lowest BCUT2D eigenvalue weighted by atomic mass is 10.1. The normalized spacial score (nSPS) is 18.1. The highest BCUT2D eigenvalue weighted by Gasteiger charge is 2.32. The van der Waals surface area contributed by atoms with E-state index in [0.717, 1.165) is 37.6 Å². The highest BCUT2D eigenvalue weighted by atomic mass is 127. The number of nitrogens with one attached hydrogen (secondary N) is 1. The fourth-order valence-electron chi connectivity index (χ4n) is 3.30. The molecular weight excluding hydrogens is 472 g/mol. The van der Waals surface area contributed by atoms with Crippen LogP contribution in [0.25, 0.3) is 0 Å². The van der Waals surface area contributed by atoms with Crippen LogP contribution in [0.1, 0.15) is 18.9 Å². The predicted molar refractivity (Wildman–Crippen MR) is 112 cm³/mol. The lowest BCUT2D eigenvalue weighted by molar-refractivity contribution is -0.146. The highest BCUT2D eigenvalue weighted by molar-refractivity contribution is 14.0.